The first-order chi connectivity index (χ1) is 13.7. The number of hydrogen-bond acceptors (Lipinski definition) is 5. The number of likely N-dealkylation sites (N-methyl/N-ethyl adjacent to an activating group) is 1. The Morgan fingerprint density at radius 1 is 1.21 bits per heavy atom. The molecule has 1 amide bonds. The van der Waals surface area contributed by atoms with Crippen LogP contribution in [0, 0.1) is 0 Å². The molecule has 0 radical (unpaired) electrons. The van der Waals surface area contributed by atoms with Crippen molar-refractivity contribution in [1.82, 2.24) is 4.98 Å². The summed E-state index contributed by atoms with van der Waals surface area (Å²) in [5.41, 5.74) is 1.09. The van der Waals surface area contributed by atoms with Gasteiger partial charge in [-0.05, 0) is 42.8 Å². The van der Waals surface area contributed by atoms with Gasteiger partial charge in [0.05, 0.1) is 11.3 Å². The number of fused-ring (bicyclic) bond motifs is 1. The fourth-order valence-corrected chi connectivity index (χ4v) is 3.69. The van der Waals surface area contributed by atoms with Gasteiger partial charge in [0.1, 0.15) is 5.75 Å². The molecule has 1 unspecified atom stereocenters. The smallest absolute Gasteiger partial charge is 0.416 e. The number of halogens is 3. The maximum atomic E-state index is 13.3. The zero-order chi connectivity index (χ0) is 20.8. The summed E-state index contributed by atoms with van der Waals surface area (Å²) in [6, 6.07) is 8.49. The Bertz CT molecular complexity index is 1070. The topological polar surface area (TPSA) is 54.5 Å². The van der Waals surface area contributed by atoms with Gasteiger partial charge in [0.25, 0.3) is 5.91 Å². The number of carbonyl (C=O) groups excluding carboxylic acids is 1. The van der Waals surface area contributed by atoms with Crippen molar-refractivity contribution in [3.8, 4) is 16.9 Å². The average Bonchev–Trinajstić information content (AvgIpc) is 3.19. The van der Waals surface area contributed by atoms with Crippen molar-refractivity contribution in [3.05, 3.63) is 53.5 Å². The van der Waals surface area contributed by atoms with Crippen molar-refractivity contribution >= 4 is 33.8 Å². The van der Waals surface area contributed by atoms with Crippen molar-refractivity contribution < 1.29 is 22.7 Å². The van der Waals surface area contributed by atoms with Crippen LogP contribution < -0.4 is 15.0 Å². The number of rotatable bonds is 3. The molecule has 0 bridgehead atoms. The second-order valence-electron chi connectivity index (χ2n) is 6.56. The minimum atomic E-state index is -4.48. The first kappa shape index (κ1) is 19.3. The molecule has 1 aromatic heterocycles. The van der Waals surface area contributed by atoms with Gasteiger partial charge in [-0.15, -0.1) is 11.3 Å². The third-order valence-electron chi connectivity index (χ3n) is 4.63. The van der Waals surface area contributed by atoms with Crippen LogP contribution in [-0.4, -0.2) is 24.0 Å². The number of alkyl halides is 3. The molecule has 1 N–H and O–H groups in total. The molecule has 29 heavy (non-hydrogen) atoms. The normalized spacial score (nSPS) is 16.4. The molecule has 4 rings (SSSR count). The van der Waals surface area contributed by atoms with E-state index in [0.717, 1.165) is 12.1 Å². The molecule has 2 heterocycles. The Balaban J connectivity index is 1.83. The predicted molar refractivity (Wildman–Crippen MR) is 106 cm³/mol. The molecular formula is C20H16F3N3O2S. The van der Waals surface area contributed by atoms with Crippen LogP contribution in [0.2, 0.25) is 0 Å². The van der Waals surface area contributed by atoms with E-state index in [2.05, 4.69) is 10.3 Å². The van der Waals surface area contributed by atoms with E-state index in [9.17, 15) is 18.0 Å². The molecule has 0 fully saturated rings. The third kappa shape index (κ3) is 3.65. The maximum absolute atomic E-state index is 13.3. The highest BCUT2D eigenvalue weighted by molar-refractivity contribution is 7.13. The summed E-state index contributed by atoms with van der Waals surface area (Å²) in [4.78, 5) is 17.8. The van der Waals surface area contributed by atoms with Gasteiger partial charge < -0.3 is 15.0 Å². The lowest BCUT2D eigenvalue weighted by Crippen LogP contribution is -2.41. The van der Waals surface area contributed by atoms with Gasteiger partial charge in [-0.3, -0.25) is 4.79 Å². The Morgan fingerprint density at radius 2 is 2.00 bits per heavy atom. The summed E-state index contributed by atoms with van der Waals surface area (Å²) in [5.74, 6) is 0.282. The van der Waals surface area contributed by atoms with E-state index < -0.39 is 17.8 Å². The molecule has 0 spiro atoms. The van der Waals surface area contributed by atoms with Crippen molar-refractivity contribution in [2.45, 2.75) is 19.2 Å². The SMILES string of the molecule is CC1Oc2ccc(-c3cc(C(F)(F)F)ccc3Nc3nccs3)cc2N(C)C1=O. The molecule has 1 aliphatic rings. The summed E-state index contributed by atoms with van der Waals surface area (Å²) in [7, 11) is 1.62. The fourth-order valence-electron chi connectivity index (χ4n) is 3.15. The molecule has 0 saturated heterocycles. The number of anilines is 3. The van der Waals surface area contributed by atoms with Crippen molar-refractivity contribution in [1.29, 1.82) is 0 Å². The van der Waals surface area contributed by atoms with E-state index in [0.29, 0.717) is 33.4 Å². The average molecular weight is 419 g/mol. The number of aromatic nitrogens is 1. The minimum Gasteiger partial charge on any atom is -0.479 e. The quantitative estimate of drug-likeness (QED) is 0.625. The van der Waals surface area contributed by atoms with Crippen LogP contribution in [0.5, 0.6) is 5.75 Å². The van der Waals surface area contributed by atoms with Gasteiger partial charge in [0, 0.05) is 29.9 Å². The van der Waals surface area contributed by atoms with Gasteiger partial charge >= 0.3 is 6.18 Å². The molecule has 5 nitrogen and oxygen atoms in total. The van der Waals surface area contributed by atoms with Gasteiger partial charge in [-0.1, -0.05) is 6.07 Å². The lowest BCUT2D eigenvalue weighted by atomic mass is 9.99. The largest absolute Gasteiger partial charge is 0.479 e. The zero-order valence-electron chi connectivity index (χ0n) is 15.4. The monoisotopic (exact) mass is 419 g/mol. The number of amides is 1. The van der Waals surface area contributed by atoms with E-state index in [-0.39, 0.29) is 5.91 Å². The summed E-state index contributed by atoms with van der Waals surface area (Å²) < 4.78 is 45.6. The molecule has 1 atom stereocenters. The highest BCUT2D eigenvalue weighted by atomic mass is 32.1. The van der Waals surface area contributed by atoms with Crippen LogP contribution >= 0.6 is 11.3 Å². The van der Waals surface area contributed by atoms with Crippen LogP contribution in [0.25, 0.3) is 11.1 Å². The van der Waals surface area contributed by atoms with Crippen LogP contribution in [0.15, 0.2) is 48.0 Å². The maximum Gasteiger partial charge on any atom is 0.416 e. The van der Waals surface area contributed by atoms with Crippen molar-refractivity contribution in [2.24, 2.45) is 0 Å². The lowest BCUT2D eigenvalue weighted by Gasteiger charge is -2.30. The van der Waals surface area contributed by atoms with Gasteiger partial charge in [-0.25, -0.2) is 4.98 Å². The summed E-state index contributed by atoms with van der Waals surface area (Å²) in [5, 5.41) is 5.40. The molecular weight excluding hydrogens is 403 g/mol. The van der Waals surface area contributed by atoms with Gasteiger partial charge in [0.15, 0.2) is 11.2 Å². The second-order valence-corrected chi connectivity index (χ2v) is 7.45. The fraction of sp³-hybridized carbons (Fsp3) is 0.200. The van der Waals surface area contributed by atoms with Gasteiger partial charge in [0.2, 0.25) is 0 Å². The minimum absolute atomic E-state index is 0.222. The molecule has 2 aromatic carbocycles. The van der Waals surface area contributed by atoms with Crippen LogP contribution in [-0.2, 0) is 11.0 Å². The number of benzene rings is 2. The van der Waals surface area contributed by atoms with Crippen LogP contribution in [0.4, 0.5) is 29.7 Å². The Labute approximate surface area is 168 Å². The Morgan fingerprint density at radius 3 is 2.69 bits per heavy atom. The number of thiazole rings is 1. The molecule has 1 aliphatic heterocycles. The summed E-state index contributed by atoms with van der Waals surface area (Å²) in [6.07, 6.45) is -3.49. The number of ether oxygens (including phenoxy) is 1. The molecule has 0 saturated carbocycles. The van der Waals surface area contributed by atoms with Crippen LogP contribution in [0.1, 0.15) is 12.5 Å². The highest BCUT2D eigenvalue weighted by Crippen LogP contribution is 2.41. The number of nitrogens with zero attached hydrogens (tertiary/aromatic N) is 2. The van der Waals surface area contributed by atoms with E-state index in [1.807, 2.05) is 0 Å². The summed E-state index contributed by atoms with van der Waals surface area (Å²) in [6.45, 7) is 1.65. The Kier molecular flexibility index (Phi) is 4.70. The Hall–Kier alpha value is -3.07. The first-order valence-electron chi connectivity index (χ1n) is 8.70. The van der Waals surface area contributed by atoms with Crippen molar-refractivity contribution in [3.63, 3.8) is 0 Å². The second kappa shape index (κ2) is 7.07. The third-order valence-corrected chi connectivity index (χ3v) is 5.32. The highest BCUT2D eigenvalue weighted by Gasteiger charge is 2.32. The zero-order valence-corrected chi connectivity index (χ0v) is 16.3. The number of hydrogen-bond donors (Lipinski definition) is 1. The molecule has 9 heteroatoms. The lowest BCUT2D eigenvalue weighted by molar-refractivity contribution is -0.137. The van der Waals surface area contributed by atoms with Gasteiger partial charge in [-0.2, -0.15) is 13.2 Å². The number of carbonyl (C=O) groups is 1. The van der Waals surface area contributed by atoms with E-state index in [4.69, 9.17) is 4.74 Å². The van der Waals surface area contributed by atoms with E-state index in [1.54, 1.807) is 43.7 Å². The molecule has 150 valence electrons. The standard InChI is InChI=1S/C20H16F3N3O2S/c1-11-18(27)26(2)16-9-12(3-6-17(16)28-11)14-10-13(20(21,22)23)4-5-15(14)25-19-24-7-8-29-19/h3-11H,1-2H3,(H,24,25). The first-order valence-corrected chi connectivity index (χ1v) is 9.58. The van der Waals surface area contributed by atoms with Crippen LogP contribution in [0.3, 0.4) is 0 Å². The number of nitrogens with one attached hydrogen (secondary N) is 1. The molecule has 0 aliphatic carbocycles. The van der Waals surface area contributed by atoms with E-state index >= 15 is 0 Å². The molecule has 3 aromatic rings. The predicted octanol–water partition coefficient (Wildman–Crippen LogP) is 5.32. The summed E-state index contributed by atoms with van der Waals surface area (Å²) >= 11 is 1.34. The van der Waals surface area contributed by atoms with Crippen molar-refractivity contribution in [2.75, 3.05) is 17.3 Å². The van der Waals surface area contributed by atoms with E-state index in [1.165, 1.54) is 22.3 Å².